The third-order valence-electron chi connectivity index (χ3n) is 7.47. The molecular formula is C37H38N2. The predicted molar refractivity (Wildman–Crippen MR) is 170 cm³/mol. The number of benzene rings is 3. The number of nitrogens with two attached hydrogens (primary N) is 1. The summed E-state index contributed by atoms with van der Waals surface area (Å²) in [5.41, 5.74) is 18.3. The molecule has 2 nitrogen and oxygen atoms in total. The first kappa shape index (κ1) is 27.6. The van der Waals surface area contributed by atoms with Gasteiger partial charge in [-0.3, -0.25) is 4.99 Å². The smallest absolute Gasteiger partial charge is 0.0671 e. The summed E-state index contributed by atoms with van der Waals surface area (Å²) < 4.78 is 0. The molecule has 0 aliphatic heterocycles. The molecule has 1 aliphatic rings. The van der Waals surface area contributed by atoms with Crippen LogP contribution >= 0.6 is 0 Å². The summed E-state index contributed by atoms with van der Waals surface area (Å²) in [4.78, 5) is 4.96. The van der Waals surface area contributed by atoms with Crippen LogP contribution in [-0.2, 0) is 5.41 Å². The van der Waals surface area contributed by atoms with Crippen molar-refractivity contribution in [2.24, 2.45) is 10.7 Å². The van der Waals surface area contributed by atoms with E-state index in [1.54, 1.807) is 0 Å². The third kappa shape index (κ3) is 6.18. The standard InChI is InChI=1S/C37H38N2/c1-7-29(22-26(2)27(3)23-34-28(4)32-20-14-15-21-33(32)37(34,5)6)25-39-36(31-18-12-9-13-19-31)24-35(38)30-16-10-8-11-17-30/h7-24H,1-2,25,38H2,3-6H3/b27-23+,29-22+,35-24-,39-36?. The maximum absolute atomic E-state index is 6.45. The minimum atomic E-state index is -0.0485. The Morgan fingerprint density at radius 3 is 2.08 bits per heavy atom. The lowest BCUT2D eigenvalue weighted by molar-refractivity contribution is 0.653. The molecule has 3 aromatic rings. The number of hydrogen-bond acceptors (Lipinski definition) is 2. The molecular weight excluding hydrogens is 472 g/mol. The van der Waals surface area contributed by atoms with Crippen LogP contribution in [0, 0.1) is 0 Å². The van der Waals surface area contributed by atoms with E-state index in [-0.39, 0.29) is 5.41 Å². The normalized spacial score (nSPS) is 15.8. The number of fused-ring (bicyclic) bond motifs is 1. The topological polar surface area (TPSA) is 38.4 Å². The van der Waals surface area contributed by atoms with Gasteiger partial charge in [-0.1, -0.05) is 130 Å². The van der Waals surface area contributed by atoms with Crippen molar-refractivity contribution in [1.82, 2.24) is 0 Å². The second kappa shape index (κ2) is 12.0. The van der Waals surface area contributed by atoms with Crippen LogP contribution in [-0.4, -0.2) is 12.3 Å². The SMILES string of the molecule is C=C/C(=C\C(=C)/C(C)=C/C1=C(C)c2ccccc2C1(C)C)CN=C(/C=C(\N)c1ccccc1)c1ccccc1. The summed E-state index contributed by atoms with van der Waals surface area (Å²) in [6.07, 6.45) is 8.17. The molecule has 0 unspecified atom stereocenters. The Morgan fingerprint density at radius 2 is 1.46 bits per heavy atom. The van der Waals surface area contributed by atoms with Gasteiger partial charge in [0, 0.05) is 11.1 Å². The number of hydrogen-bond donors (Lipinski definition) is 1. The van der Waals surface area contributed by atoms with Gasteiger partial charge in [0.2, 0.25) is 0 Å². The molecule has 0 radical (unpaired) electrons. The van der Waals surface area contributed by atoms with Crippen LogP contribution in [0.15, 0.2) is 150 Å². The minimum absolute atomic E-state index is 0.0485. The van der Waals surface area contributed by atoms with Crippen molar-refractivity contribution in [1.29, 1.82) is 0 Å². The second-order valence-corrected chi connectivity index (χ2v) is 10.5. The Bertz CT molecular complexity index is 1520. The monoisotopic (exact) mass is 510 g/mol. The summed E-state index contributed by atoms with van der Waals surface area (Å²) in [5, 5.41) is 0. The summed E-state index contributed by atoms with van der Waals surface area (Å²) in [7, 11) is 0. The molecule has 2 N–H and O–H groups in total. The maximum Gasteiger partial charge on any atom is 0.0671 e. The van der Waals surface area contributed by atoms with Crippen LogP contribution in [0.5, 0.6) is 0 Å². The molecule has 0 spiro atoms. The fraction of sp³-hybridized carbons (Fsp3) is 0.162. The molecule has 0 bridgehead atoms. The number of nitrogens with zero attached hydrogens (tertiary/aromatic N) is 1. The van der Waals surface area contributed by atoms with Crippen LogP contribution in [0.2, 0.25) is 0 Å². The number of rotatable bonds is 9. The van der Waals surface area contributed by atoms with Crippen LogP contribution in [0.4, 0.5) is 0 Å². The van der Waals surface area contributed by atoms with E-state index in [1.165, 1.54) is 22.3 Å². The van der Waals surface area contributed by atoms with Crippen molar-refractivity contribution >= 4 is 17.0 Å². The molecule has 1 aliphatic carbocycles. The van der Waals surface area contributed by atoms with Crippen molar-refractivity contribution in [3.63, 3.8) is 0 Å². The van der Waals surface area contributed by atoms with Gasteiger partial charge in [-0.25, -0.2) is 0 Å². The highest BCUT2D eigenvalue weighted by atomic mass is 14.7. The summed E-state index contributed by atoms with van der Waals surface area (Å²) in [6.45, 7) is 17.8. The zero-order valence-corrected chi connectivity index (χ0v) is 23.5. The van der Waals surface area contributed by atoms with Crippen molar-refractivity contribution in [3.05, 3.63) is 167 Å². The van der Waals surface area contributed by atoms with Crippen molar-refractivity contribution < 1.29 is 0 Å². The Kier molecular flexibility index (Phi) is 8.46. The predicted octanol–water partition coefficient (Wildman–Crippen LogP) is 8.86. The van der Waals surface area contributed by atoms with Crippen LogP contribution in [0.1, 0.15) is 49.9 Å². The molecule has 0 fully saturated rings. The molecule has 0 saturated heterocycles. The van der Waals surface area contributed by atoms with Crippen molar-refractivity contribution in [2.45, 2.75) is 33.1 Å². The zero-order chi connectivity index (χ0) is 28.0. The van der Waals surface area contributed by atoms with Gasteiger partial charge in [-0.05, 0) is 70.0 Å². The van der Waals surface area contributed by atoms with E-state index in [1.807, 2.05) is 72.8 Å². The lowest BCUT2D eigenvalue weighted by Crippen LogP contribution is -2.16. The van der Waals surface area contributed by atoms with Gasteiger partial charge in [0.15, 0.2) is 0 Å². The van der Waals surface area contributed by atoms with E-state index < -0.39 is 0 Å². The first-order chi connectivity index (χ1) is 18.7. The van der Waals surface area contributed by atoms with Gasteiger partial charge in [-0.2, -0.15) is 0 Å². The van der Waals surface area contributed by atoms with Crippen molar-refractivity contribution in [3.8, 4) is 0 Å². The largest absolute Gasteiger partial charge is 0.398 e. The molecule has 39 heavy (non-hydrogen) atoms. The highest BCUT2D eigenvalue weighted by Gasteiger charge is 2.34. The molecule has 0 atom stereocenters. The maximum atomic E-state index is 6.45. The Labute approximate surface area is 234 Å². The van der Waals surface area contributed by atoms with E-state index in [9.17, 15) is 0 Å². The lowest BCUT2D eigenvalue weighted by Gasteiger charge is -2.23. The molecule has 2 heteroatoms. The fourth-order valence-corrected chi connectivity index (χ4v) is 5.09. The van der Waals surface area contributed by atoms with Crippen LogP contribution < -0.4 is 5.73 Å². The van der Waals surface area contributed by atoms with Crippen LogP contribution in [0.3, 0.4) is 0 Å². The molecule has 0 amide bonds. The number of aliphatic imine (C=N–C) groups is 1. The van der Waals surface area contributed by atoms with Gasteiger partial charge in [0.05, 0.1) is 12.3 Å². The van der Waals surface area contributed by atoms with Gasteiger partial charge in [-0.15, -0.1) is 0 Å². The quantitative estimate of drug-likeness (QED) is 0.227. The summed E-state index contributed by atoms with van der Waals surface area (Å²) >= 11 is 0. The summed E-state index contributed by atoms with van der Waals surface area (Å²) in [6, 6.07) is 28.8. The Balaban J connectivity index is 1.61. The third-order valence-corrected chi connectivity index (χ3v) is 7.47. The molecule has 0 saturated carbocycles. The second-order valence-electron chi connectivity index (χ2n) is 10.5. The Morgan fingerprint density at radius 1 is 0.872 bits per heavy atom. The van der Waals surface area contributed by atoms with E-state index >= 15 is 0 Å². The first-order valence-corrected chi connectivity index (χ1v) is 13.4. The number of allylic oxidation sites excluding steroid dienone is 7. The average Bonchev–Trinajstić information content (AvgIpc) is 3.15. The fourth-order valence-electron chi connectivity index (χ4n) is 5.09. The highest BCUT2D eigenvalue weighted by molar-refractivity contribution is 6.12. The highest BCUT2D eigenvalue weighted by Crippen LogP contribution is 2.46. The lowest BCUT2D eigenvalue weighted by atomic mass is 9.80. The van der Waals surface area contributed by atoms with Gasteiger partial charge in [0.25, 0.3) is 0 Å². The molecule has 3 aromatic carbocycles. The van der Waals surface area contributed by atoms with E-state index in [2.05, 4.69) is 77.3 Å². The molecule has 0 aromatic heterocycles. The van der Waals surface area contributed by atoms with E-state index in [0.29, 0.717) is 12.2 Å². The zero-order valence-electron chi connectivity index (χ0n) is 23.5. The van der Waals surface area contributed by atoms with Gasteiger partial charge in [0.1, 0.15) is 0 Å². The first-order valence-electron chi connectivity index (χ1n) is 13.4. The summed E-state index contributed by atoms with van der Waals surface area (Å²) in [5.74, 6) is 0. The average molecular weight is 511 g/mol. The van der Waals surface area contributed by atoms with Crippen molar-refractivity contribution in [2.75, 3.05) is 6.54 Å². The molecule has 0 heterocycles. The molecule has 4 rings (SSSR count). The minimum Gasteiger partial charge on any atom is -0.398 e. The van der Waals surface area contributed by atoms with Gasteiger partial charge < -0.3 is 5.73 Å². The molecule has 196 valence electrons. The van der Waals surface area contributed by atoms with E-state index in [0.717, 1.165) is 33.6 Å². The Hall–Kier alpha value is -4.43. The van der Waals surface area contributed by atoms with Crippen LogP contribution in [0.25, 0.3) is 11.3 Å². The van der Waals surface area contributed by atoms with Gasteiger partial charge >= 0.3 is 0 Å². The van der Waals surface area contributed by atoms with E-state index in [4.69, 9.17) is 10.7 Å².